The Balaban J connectivity index is 2.84. The van der Waals surface area contributed by atoms with E-state index < -0.39 is 0 Å². The molecule has 2 atom stereocenters. The Labute approximate surface area is 116 Å². The van der Waals surface area contributed by atoms with Crippen molar-refractivity contribution >= 4 is 0 Å². The second kappa shape index (κ2) is 8.28. The van der Waals surface area contributed by atoms with Crippen molar-refractivity contribution < 1.29 is 9.13 Å². The van der Waals surface area contributed by atoms with Gasteiger partial charge in [-0.15, -0.1) is 0 Å². The zero-order valence-electron chi connectivity index (χ0n) is 12.4. The van der Waals surface area contributed by atoms with E-state index in [1.165, 1.54) is 6.07 Å². The second-order valence-electron chi connectivity index (χ2n) is 5.12. The molecule has 0 saturated heterocycles. The molecule has 1 aromatic rings. The van der Waals surface area contributed by atoms with Crippen molar-refractivity contribution in [2.75, 3.05) is 13.2 Å². The predicted octanol–water partition coefficient (Wildman–Crippen LogP) is 3.41. The van der Waals surface area contributed by atoms with Crippen LogP contribution in [-0.4, -0.2) is 25.3 Å². The van der Waals surface area contributed by atoms with E-state index in [2.05, 4.69) is 26.1 Å². The Kier molecular flexibility index (Phi) is 7.03. The van der Waals surface area contributed by atoms with Gasteiger partial charge in [-0.2, -0.15) is 0 Å². The highest BCUT2D eigenvalue weighted by molar-refractivity contribution is 5.18. The van der Waals surface area contributed by atoms with Crippen molar-refractivity contribution in [2.24, 2.45) is 5.92 Å². The maximum atomic E-state index is 13.8. The first-order chi connectivity index (χ1) is 9.10. The first kappa shape index (κ1) is 16.1. The van der Waals surface area contributed by atoms with Crippen molar-refractivity contribution in [2.45, 2.75) is 46.3 Å². The summed E-state index contributed by atoms with van der Waals surface area (Å²) in [6, 6.07) is 7.12. The van der Waals surface area contributed by atoms with Gasteiger partial charge in [0.05, 0.1) is 6.10 Å². The fourth-order valence-corrected chi connectivity index (χ4v) is 2.43. The monoisotopic (exact) mass is 267 g/mol. The molecule has 0 radical (unpaired) electrons. The summed E-state index contributed by atoms with van der Waals surface area (Å²) in [4.78, 5) is 0. The van der Waals surface area contributed by atoms with Crippen molar-refractivity contribution in [1.29, 1.82) is 0 Å². The van der Waals surface area contributed by atoms with E-state index in [4.69, 9.17) is 4.74 Å². The molecule has 19 heavy (non-hydrogen) atoms. The normalized spacial score (nSPS) is 14.6. The van der Waals surface area contributed by atoms with Gasteiger partial charge in [0.1, 0.15) is 5.82 Å². The minimum absolute atomic E-state index is 0.101. The largest absolute Gasteiger partial charge is 0.377 e. The summed E-state index contributed by atoms with van der Waals surface area (Å²) in [5, 5.41) is 3.43. The average Bonchev–Trinajstić information content (AvgIpc) is 2.37. The third-order valence-electron chi connectivity index (χ3n) is 3.28. The lowest BCUT2D eigenvalue weighted by atomic mass is 9.93. The van der Waals surface area contributed by atoms with Crippen molar-refractivity contribution in [1.82, 2.24) is 5.32 Å². The van der Waals surface area contributed by atoms with Crippen LogP contribution in [0.15, 0.2) is 24.3 Å². The maximum Gasteiger partial charge on any atom is 0.126 e. The van der Waals surface area contributed by atoms with Crippen LogP contribution in [0.1, 0.15) is 33.3 Å². The average molecular weight is 267 g/mol. The van der Waals surface area contributed by atoms with Crippen LogP contribution in [0.25, 0.3) is 0 Å². The zero-order valence-corrected chi connectivity index (χ0v) is 12.4. The minimum atomic E-state index is -0.135. The van der Waals surface area contributed by atoms with Gasteiger partial charge in [-0.3, -0.25) is 0 Å². The maximum absolute atomic E-state index is 13.8. The van der Waals surface area contributed by atoms with Gasteiger partial charge in [-0.25, -0.2) is 4.39 Å². The Hall–Kier alpha value is -0.930. The predicted molar refractivity (Wildman–Crippen MR) is 77.8 cm³/mol. The molecule has 0 heterocycles. The molecule has 0 amide bonds. The summed E-state index contributed by atoms with van der Waals surface area (Å²) in [7, 11) is 0. The summed E-state index contributed by atoms with van der Waals surface area (Å²) in [6.45, 7) is 9.90. The van der Waals surface area contributed by atoms with E-state index in [1.807, 2.05) is 19.1 Å². The molecule has 0 spiro atoms. The van der Waals surface area contributed by atoms with Gasteiger partial charge in [-0.1, -0.05) is 39.0 Å². The molecule has 0 aliphatic rings. The smallest absolute Gasteiger partial charge is 0.126 e. The van der Waals surface area contributed by atoms with Crippen LogP contribution in [0, 0.1) is 11.7 Å². The van der Waals surface area contributed by atoms with Crippen molar-refractivity contribution in [3.63, 3.8) is 0 Å². The van der Waals surface area contributed by atoms with E-state index in [9.17, 15) is 4.39 Å². The number of ether oxygens (including phenoxy) is 1. The van der Waals surface area contributed by atoms with E-state index in [-0.39, 0.29) is 18.0 Å². The molecule has 0 aliphatic carbocycles. The molecule has 3 heteroatoms. The quantitative estimate of drug-likeness (QED) is 0.779. The van der Waals surface area contributed by atoms with E-state index in [1.54, 1.807) is 6.07 Å². The molecule has 1 rings (SSSR count). The van der Waals surface area contributed by atoms with Crippen LogP contribution in [0.2, 0.25) is 0 Å². The molecule has 2 nitrogen and oxygen atoms in total. The van der Waals surface area contributed by atoms with Crippen LogP contribution in [0.3, 0.4) is 0 Å². The van der Waals surface area contributed by atoms with Gasteiger partial charge >= 0.3 is 0 Å². The lowest BCUT2D eigenvalue weighted by Gasteiger charge is -2.31. The highest BCUT2D eigenvalue weighted by atomic mass is 19.1. The van der Waals surface area contributed by atoms with E-state index in [0.717, 1.165) is 12.1 Å². The molecule has 1 N–H and O–H groups in total. The summed E-state index contributed by atoms with van der Waals surface area (Å²) in [6.07, 6.45) is 0.758. The van der Waals surface area contributed by atoms with Crippen LogP contribution in [0.5, 0.6) is 0 Å². The third-order valence-corrected chi connectivity index (χ3v) is 3.28. The minimum Gasteiger partial charge on any atom is -0.377 e. The molecule has 0 aromatic heterocycles. The molecule has 0 aliphatic heterocycles. The lowest BCUT2D eigenvalue weighted by Crippen LogP contribution is -2.45. The molecular weight excluding hydrogens is 241 g/mol. The first-order valence-corrected chi connectivity index (χ1v) is 7.18. The Morgan fingerprint density at radius 3 is 2.42 bits per heavy atom. The molecule has 0 saturated carbocycles. The number of rotatable bonds is 8. The fourth-order valence-electron chi connectivity index (χ4n) is 2.43. The molecular formula is C16H26FNO. The van der Waals surface area contributed by atoms with Crippen molar-refractivity contribution in [3.05, 3.63) is 35.6 Å². The first-order valence-electron chi connectivity index (χ1n) is 7.18. The van der Waals surface area contributed by atoms with E-state index >= 15 is 0 Å². The van der Waals surface area contributed by atoms with Gasteiger partial charge in [0.25, 0.3) is 0 Å². The fraction of sp³-hybridized carbons (Fsp3) is 0.625. The van der Waals surface area contributed by atoms with Gasteiger partial charge in [-0.05, 0) is 37.4 Å². The Morgan fingerprint density at radius 2 is 1.89 bits per heavy atom. The summed E-state index contributed by atoms with van der Waals surface area (Å²) in [5.41, 5.74) is 0.749. The topological polar surface area (TPSA) is 21.3 Å². The highest BCUT2D eigenvalue weighted by Crippen LogP contribution is 2.17. The molecule has 0 fully saturated rings. The lowest BCUT2D eigenvalue weighted by molar-refractivity contribution is 0.00379. The highest BCUT2D eigenvalue weighted by Gasteiger charge is 2.25. The molecule has 1 aromatic carbocycles. The number of likely N-dealkylation sites (N-methyl/N-ethyl adjacent to an activating group) is 1. The van der Waals surface area contributed by atoms with Crippen LogP contribution >= 0.6 is 0 Å². The summed E-state index contributed by atoms with van der Waals surface area (Å²) in [5.74, 6) is 0.264. The standard InChI is InChI=1S/C16H26FNO/c1-5-18-15(16(12(3)4)19-6-2)11-13-9-7-8-10-14(13)17/h7-10,12,15-16,18H,5-6,11H2,1-4H3. The SMILES string of the molecule is CCNC(Cc1ccccc1F)C(OCC)C(C)C. The zero-order chi connectivity index (χ0) is 14.3. The van der Waals surface area contributed by atoms with Gasteiger partial charge in [0.2, 0.25) is 0 Å². The second-order valence-corrected chi connectivity index (χ2v) is 5.12. The van der Waals surface area contributed by atoms with Gasteiger partial charge in [0.15, 0.2) is 0 Å². The molecule has 2 unspecified atom stereocenters. The third kappa shape index (κ3) is 4.92. The number of benzene rings is 1. The van der Waals surface area contributed by atoms with Crippen LogP contribution < -0.4 is 5.32 Å². The number of hydrogen-bond donors (Lipinski definition) is 1. The van der Waals surface area contributed by atoms with E-state index in [0.29, 0.717) is 18.9 Å². The molecule has 108 valence electrons. The van der Waals surface area contributed by atoms with Gasteiger partial charge < -0.3 is 10.1 Å². The number of nitrogens with one attached hydrogen (secondary N) is 1. The number of hydrogen-bond acceptors (Lipinski definition) is 2. The van der Waals surface area contributed by atoms with Gasteiger partial charge in [0, 0.05) is 12.6 Å². The Bertz CT molecular complexity index is 368. The summed E-state index contributed by atoms with van der Waals surface area (Å²) < 4.78 is 19.6. The van der Waals surface area contributed by atoms with Crippen LogP contribution in [-0.2, 0) is 11.2 Å². The molecule has 0 bridgehead atoms. The Morgan fingerprint density at radius 1 is 1.21 bits per heavy atom. The summed E-state index contributed by atoms with van der Waals surface area (Å²) >= 11 is 0. The van der Waals surface area contributed by atoms with Crippen LogP contribution in [0.4, 0.5) is 4.39 Å². The number of halogens is 1. The van der Waals surface area contributed by atoms with Crippen molar-refractivity contribution in [3.8, 4) is 0 Å².